The van der Waals surface area contributed by atoms with Crippen LogP contribution in [0.3, 0.4) is 0 Å². The zero-order valence-electron chi connectivity index (χ0n) is 16.2. The van der Waals surface area contributed by atoms with Gasteiger partial charge in [-0.05, 0) is 44.4 Å². The van der Waals surface area contributed by atoms with E-state index in [1.165, 1.54) is 0 Å². The molecule has 0 radical (unpaired) electrons. The van der Waals surface area contributed by atoms with E-state index in [4.69, 9.17) is 0 Å². The van der Waals surface area contributed by atoms with E-state index in [9.17, 15) is 14.9 Å². The van der Waals surface area contributed by atoms with Crippen molar-refractivity contribution < 1.29 is 9.59 Å². The summed E-state index contributed by atoms with van der Waals surface area (Å²) < 4.78 is 2.21. The quantitative estimate of drug-likeness (QED) is 0.615. The number of carbonyl (C=O) groups excluding carboxylic acids is 2. The summed E-state index contributed by atoms with van der Waals surface area (Å²) in [5.74, 6) is -0.225. The van der Waals surface area contributed by atoms with Gasteiger partial charge in [0.2, 0.25) is 5.91 Å². The number of carbonyl (C=O) groups is 2. The monoisotopic (exact) mass is 356 g/mol. The van der Waals surface area contributed by atoms with E-state index in [-0.39, 0.29) is 17.4 Å². The van der Waals surface area contributed by atoms with E-state index < -0.39 is 0 Å². The summed E-state index contributed by atoms with van der Waals surface area (Å²) in [6.45, 7) is 10.9. The summed E-state index contributed by atoms with van der Waals surface area (Å²) in [7, 11) is 0. The minimum atomic E-state index is -0.252. The van der Waals surface area contributed by atoms with Crippen LogP contribution in [0.4, 0.5) is 0 Å². The highest BCUT2D eigenvalue weighted by molar-refractivity contribution is 6.01. The molecule has 0 aliphatic carbocycles. The molecule has 1 aliphatic heterocycles. The van der Waals surface area contributed by atoms with Crippen molar-refractivity contribution in [1.29, 1.82) is 5.26 Å². The van der Waals surface area contributed by atoms with Gasteiger partial charge in [-0.15, -0.1) is 0 Å². The van der Waals surface area contributed by atoms with Gasteiger partial charge in [0, 0.05) is 51.0 Å². The molecule has 1 aliphatic rings. The zero-order chi connectivity index (χ0) is 19.3. The van der Waals surface area contributed by atoms with Gasteiger partial charge >= 0.3 is 0 Å². The molecular formula is C20H28N4O2. The highest BCUT2D eigenvalue weighted by Gasteiger charge is 2.23. The van der Waals surface area contributed by atoms with Crippen LogP contribution in [0.1, 0.15) is 43.6 Å². The molecule has 1 aromatic rings. The van der Waals surface area contributed by atoms with Crippen molar-refractivity contribution in [2.45, 2.75) is 47.1 Å². The first-order valence-corrected chi connectivity index (χ1v) is 9.22. The number of aryl methyl sites for hydroxylation is 1. The lowest BCUT2D eigenvalue weighted by atomic mass is 10.1. The minimum absolute atomic E-state index is 0.0266. The van der Waals surface area contributed by atoms with E-state index >= 15 is 0 Å². The Kier molecular flexibility index (Phi) is 6.62. The Balaban J connectivity index is 2.21. The second-order valence-electron chi connectivity index (χ2n) is 6.80. The molecule has 6 heteroatoms. The number of hydrogen-bond acceptors (Lipinski definition) is 3. The number of hydrogen-bond donors (Lipinski definition) is 0. The highest BCUT2D eigenvalue weighted by atomic mass is 16.2. The van der Waals surface area contributed by atoms with Gasteiger partial charge in [-0.1, -0.05) is 6.92 Å². The van der Waals surface area contributed by atoms with Crippen molar-refractivity contribution in [3.63, 3.8) is 0 Å². The Morgan fingerprint density at radius 2 is 1.85 bits per heavy atom. The fraction of sp³-hybridized carbons (Fsp3) is 0.550. The SMILES string of the molecule is CCCn1c(C)cc(/C=C(\C#N)C(=O)N2CCCN(C(C)=O)CC2)c1C. The molecule has 2 amide bonds. The second kappa shape index (κ2) is 8.70. The van der Waals surface area contributed by atoms with Crippen LogP contribution in [0.2, 0.25) is 0 Å². The van der Waals surface area contributed by atoms with Crippen LogP contribution >= 0.6 is 0 Å². The van der Waals surface area contributed by atoms with E-state index in [0.29, 0.717) is 26.2 Å². The molecule has 0 atom stereocenters. The lowest BCUT2D eigenvalue weighted by Gasteiger charge is -2.21. The van der Waals surface area contributed by atoms with Gasteiger partial charge in [-0.2, -0.15) is 5.26 Å². The molecule has 140 valence electrons. The van der Waals surface area contributed by atoms with Crippen LogP contribution in [0.15, 0.2) is 11.6 Å². The van der Waals surface area contributed by atoms with Crippen LogP contribution in [-0.2, 0) is 16.1 Å². The minimum Gasteiger partial charge on any atom is -0.349 e. The van der Waals surface area contributed by atoms with Crippen molar-refractivity contribution >= 4 is 17.9 Å². The van der Waals surface area contributed by atoms with Gasteiger partial charge in [-0.3, -0.25) is 9.59 Å². The maximum absolute atomic E-state index is 12.8. The number of rotatable bonds is 4. The molecule has 2 heterocycles. The number of aromatic nitrogens is 1. The van der Waals surface area contributed by atoms with E-state index in [2.05, 4.69) is 17.6 Å². The molecule has 1 saturated heterocycles. The molecule has 2 rings (SSSR count). The van der Waals surface area contributed by atoms with Crippen molar-refractivity contribution in [3.05, 3.63) is 28.6 Å². The van der Waals surface area contributed by atoms with E-state index in [1.807, 2.05) is 19.9 Å². The topological polar surface area (TPSA) is 69.3 Å². The number of nitrogens with zero attached hydrogens (tertiary/aromatic N) is 4. The molecule has 1 fully saturated rings. The fourth-order valence-corrected chi connectivity index (χ4v) is 3.44. The molecule has 0 bridgehead atoms. The van der Waals surface area contributed by atoms with Gasteiger partial charge in [0.25, 0.3) is 5.91 Å². The van der Waals surface area contributed by atoms with Crippen molar-refractivity contribution in [2.75, 3.05) is 26.2 Å². The fourth-order valence-electron chi connectivity index (χ4n) is 3.44. The van der Waals surface area contributed by atoms with Crippen LogP contribution < -0.4 is 0 Å². The van der Waals surface area contributed by atoms with Gasteiger partial charge < -0.3 is 14.4 Å². The summed E-state index contributed by atoms with van der Waals surface area (Å²) in [5.41, 5.74) is 3.27. The van der Waals surface area contributed by atoms with Gasteiger partial charge in [0.05, 0.1) is 0 Å². The number of nitriles is 1. The first-order valence-electron chi connectivity index (χ1n) is 9.22. The molecule has 6 nitrogen and oxygen atoms in total. The maximum Gasteiger partial charge on any atom is 0.264 e. The van der Waals surface area contributed by atoms with Crippen LogP contribution in [-0.4, -0.2) is 52.4 Å². The Bertz CT molecular complexity index is 755. The third-order valence-electron chi connectivity index (χ3n) is 4.94. The molecule has 0 spiro atoms. The van der Waals surface area contributed by atoms with E-state index in [1.54, 1.807) is 22.8 Å². The van der Waals surface area contributed by atoms with Crippen molar-refractivity contribution in [1.82, 2.24) is 14.4 Å². The summed E-state index contributed by atoms with van der Waals surface area (Å²) in [6.07, 6.45) is 3.46. The molecule has 26 heavy (non-hydrogen) atoms. The van der Waals surface area contributed by atoms with Crippen LogP contribution in [0, 0.1) is 25.2 Å². The maximum atomic E-state index is 12.8. The molecule has 1 aromatic heterocycles. The van der Waals surface area contributed by atoms with Gasteiger partial charge in [0.15, 0.2) is 0 Å². The number of amides is 2. The summed E-state index contributed by atoms with van der Waals surface area (Å²) in [4.78, 5) is 27.8. The Morgan fingerprint density at radius 3 is 2.46 bits per heavy atom. The third kappa shape index (κ3) is 4.34. The van der Waals surface area contributed by atoms with Crippen LogP contribution in [0.5, 0.6) is 0 Å². The highest BCUT2D eigenvalue weighted by Crippen LogP contribution is 2.20. The smallest absolute Gasteiger partial charge is 0.264 e. The summed E-state index contributed by atoms with van der Waals surface area (Å²) >= 11 is 0. The third-order valence-corrected chi connectivity index (χ3v) is 4.94. The van der Waals surface area contributed by atoms with Gasteiger partial charge in [-0.25, -0.2) is 0 Å². The first kappa shape index (κ1) is 19.8. The van der Waals surface area contributed by atoms with E-state index in [0.717, 1.165) is 36.3 Å². The molecule has 0 saturated carbocycles. The normalized spacial score (nSPS) is 15.6. The molecular weight excluding hydrogens is 328 g/mol. The van der Waals surface area contributed by atoms with Crippen molar-refractivity contribution in [2.24, 2.45) is 0 Å². The summed E-state index contributed by atoms with van der Waals surface area (Å²) in [5, 5.41) is 9.53. The lowest BCUT2D eigenvalue weighted by molar-refractivity contribution is -0.130. The standard InChI is InChI=1S/C20H28N4O2/c1-5-7-24-15(2)12-18(16(24)3)13-19(14-21)20(26)23-9-6-8-22(10-11-23)17(4)25/h12-13H,5-11H2,1-4H3/b19-13+. The first-order chi connectivity index (χ1) is 12.4. The second-order valence-corrected chi connectivity index (χ2v) is 6.80. The van der Waals surface area contributed by atoms with Gasteiger partial charge in [0.1, 0.15) is 11.6 Å². The Hall–Kier alpha value is -2.55. The average Bonchev–Trinajstić information content (AvgIpc) is 2.81. The Labute approximate surface area is 155 Å². The predicted molar refractivity (Wildman–Crippen MR) is 101 cm³/mol. The predicted octanol–water partition coefficient (Wildman–Crippen LogP) is 2.50. The zero-order valence-corrected chi connectivity index (χ0v) is 16.2. The van der Waals surface area contributed by atoms with Crippen molar-refractivity contribution in [3.8, 4) is 6.07 Å². The Morgan fingerprint density at radius 1 is 1.19 bits per heavy atom. The summed E-state index contributed by atoms with van der Waals surface area (Å²) in [6, 6.07) is 4.09. The lowest BCUT2D eigenvalue weighted by Crippen LogP contribution is -2.37. The largest absolute Gasteiger partial charge is 0.349 e. The van der Waals surface area contributed by atoms with Crippen LogP contribution in [0.25, 0.3) is 6.08 Å². The molecule has 0 unspecified atom stereocenters. The molecule has 0 aromatic carbocycles. The average molecular weight is 356 g/mol. The molecule has 0 N–H and O–H groups in total.